The molecule has 1 aromatic heterocycles. The van der Waals surface area contributed by atoms with E-state index in [1.165, 1.54) is 19.2 Å². The second-order valence-corrected chi connectivity index (χ2v) is 5.98. The number of amides is 2. The van der Waals surface area contributed by atoms with Crippen molar-refractivity contribution in [1.29, 1.82) is 0 Å². The highest BCUT2D eigenvalue weighted by molar-refractivity contribution is 7.18. The number of hydrogen-bond donors (Lipinski definition) is 2. The highest BCUT2D eigenvalue weighted by Crippen LogP contribution is 2.29. The maximum atomic E-state index is 12.1. The largest absolute Gasteiger partial charge is 0.495 e. The van der Waals surface area contributed by atoms with E-state index in [2.05, 4.69) is 20.8 Å². The molecule has 0 fully saturated rings. The standard InChI is InChI=1S/C16H13N5O4S/c1-25-13-8-3-2-7-12(13)17-15(22)18-16-20-19-14(26-16)10-5-4-6-11(9-10)21(23)24/h2-9H,1H3,(H2,17,18,20,22). The highest BCUT2D eigenvalue weighted by atomic mass is 32.1. The summed E-state index contributed by atoms with van der Waals surface area (Å²) in [5.74, 6) is 0.525. The molecule has 1 heterocycles. The first kappa shape index (κ1) is 17.3. The molecule has 0 aliphatic heterocycles. The van der Waals surface area contributed by atoms with Crippen LogP contribution in [0.25, 0.3) is 10.6 Å². The molecule has 0 spiro atoms. The number of ether oxygens (including phenoxy) is 1. The van der Waals surface area contributed by atoms with Gasteiger partial charge in [-0.05, 0) is 12.1 Å². The zero-order valence-electron chi connectivity index (χ0n) is 13.5. The summed E-state index contributed by atoms with van der Waals surface area (Å²) in [6.45, 7) is 0. The maximum absolute atomic E-state index is 12.1. The third-order valence-electron chi connectivity index (χ3n) is 3.30. The lowest BCUT2D eigenvalue weighted by Crippen LogP contribution is -2.19. The Bertz CT molecular complexity index is 959. The monoisotopic (exact) mass is 371 g/mol. The van der Waals surface area contributed by atoms with Gasteiger partial charge in [0.05, 0.1) is 17.7 Å². The Labute approximate surface area is 151 Å². The summed E-state index contributed by atoms with van der Waals surface area (Å²) in [6, 6.07) is 12.5. The number of carbonyl (C=O) groups excluding carboxylic acids is 1. The third-order valence-corrected chi connectivity index (χ3v) is 4.19. The quantitative estimate of drug-likeness (QED) is 0.520. The summed E-state index contributed by atoms with van der Waals surface area (Å²) in [4.78, 5) is 22.5. The van der Waals surface area contributed by atoms with Gasteiger partial charge in [0.1, 0.15) is 10.8 Å². The van der Waals surface area contributed by atoms with Crippen LogP contribution in [0.1, 0.15) is 0 Å². The molecule has 0 aliphatic carbocycles. The lowest BCUT2D eigenvalue weighted by molar-refractivity contribution is -0.384. The molecule has 132 valence electrons. The van der Waals surface area contributed by atoms with Crippen molar-refractivity contribution in [2.24, 2.45) is 0 Å². The molecule has 3 rings (SSSR count). The van der Waals surface area contributed by atoms with E-state index < -0.39 is 11.0 Å². The molecule has 10 heteroatoms. The minimum atomic E-state index is -0.503. The number of hydrogen-bond acceptors (Lipinski definition) is 7. The number of para-hydroxylation sites is 2. The molecule has 0 saturated carbocycles. The Balaban J connectivity index is 1.71. The van der Waals surface area contributed by atoms with E-state index in [9.17, 15) is 14.9 Å². The average molecular weight is 371 g/mol. The molecule has 0 saturated heterocycles. The van der Waals surface area contributed by atoms with Crippen LogP contribution in [0.2, 0.25) is 0 Å². The van der Waals surface area contributed by atoms with Gasteiger partial charge in [-0.1, -0.05) is 35.6 Å². The van der Waals surface area contributed by atoms with Crippen LogP contribution >= 0.6 is 11.3 Å². The fraction of sp³-hybridized carbons (Fsp3) is 0.0625. The molecule has 0 aliphatic rings. The predicted molar refractivity (Wildman–Crippen MR) is 97.6 cm³/mol. The van der Waals surface area contributed by atoms with Crippen LogP contribution in [-0.4, -0.2) is 28.3 Å². The number of urea groups is 1. The van der Waals surface area contributed by atoms with E-state index in [-0.39, 0.29) is 10.8 Å². The number of nitro benzene ring substituents is 1. The SMILES string of the molecule is COc1ccccc1NC(=O)Nc1nnc(-c2cccc([N+](=O)[O-])c2)s1. The number of benzene rings is 2. The van der Waals surface area contributed by atoms with Gasteiger partial charge >= 0.3 is 6.03 Å². The van der Waals surface area contributed by atoms with Crippen molar-refractivity contribution in [2.75, 3.05) is 17.7 Å². The zero-order valence-corrected chi connectivity index (χ0v) is 14.3. The van der Waals surface area contributed by atoms with Crippen LogP contribution in [-0.2, 0) is 0 Å². The topological polar surface area (TPSA) is 119 Å². The van der Waals surface area contributed by atoms with Gasteiger partial charge in [0.2, 0.25) is 5.13 Å². The van der Waals surface area contributed by atoms with Gasteiger partial charge in [-0.15, -0.1) is 10.2 Å². The molecule has 3 aromatic rings. The first-order valence-corrected chi connectivity index (χ1v) is 8.18. The third kappa shape index (κ3) is 3.92. The van der Waals surface area contributed by atoms with Crippen LogP contribution in [0, 0.1) is 10.1 Å². The summed E-state index contributed by atoms with van der Waals surface area (Å²) in [5.41, 5.74) is 1.02. The molecule has 2 aromatic carbocycles. The lowest BCUT2D eigenvalue weighted by atomic mass is 10.2. The molecule has 2 N–H and O–H groups in total. The van der Waals surface area contributed by atoms with Crippen LogP contribution in [0.5, 0.6) is 5.75 Å². The van der Waals surface area contributed by atoms with Gasteiger partial charge in [-0.25, -0.2) is 4.79 Å². The van der Waals surface area contributed by atoms with Crippen LogP contribution in [0.3, 0.4) is 0 Å². The molecular weight excluding hydrogens is 358 g/mol. The van der Waals surface area contributed by atoms with E-state index in [0.29, 0.717) is 22.0 Å². The van der Waals surface area contributed by atoms with E-state index in [1.807, 2.05) is 0 Å². The number of rotatable bonds is 5. The molecule has 0 bridgehead atoms. The molecule has 0 radical (unpaired) electrons. The Morgan fingerprint density at radius 1 is 1.15 bits per heavy atom. The van der Waals surface area contributed by atoms with Crippen molar-refractivity contribution in [3.05, 3.63) is 58.6 Å². The van der Waals surface area contributed by atoms with Gasteiger partial charge < -0.3 is 10.1 Å². The first-order chi connectivity index (χ1) is 12.6. The van der Waals surface area contributed by atoms with E-state index in [0.717, 1.165) is 11.3 Å². The van der Waals surface area contributed by atoms with E-state index in [4.69, 9.17) is 4.74 Å². The molecule has 26 heavy (non-hydrogen) atoms. The summed E-state index contributed by atoms with van der Waals surface area (Å²) in [6.07, 6.45) is 0. The van der Waals surface area contributed by atoms with Crippen LogP contribution < -0.4 is 15.4 Å². The normalized spacial score (nSPS) is 10.2. The Kier molecular flexibility index (Phi) is 5.04. The summed E-state index contributed by atoms with van der Waals surface area (Å²) >= 11 is 1.11. The number of carbonyl (C=O) groups is 1. The van der Waals surface area contributed by atoms with Crippen molar-refractivity contribution in [1.82, 2.24) is 10.2 Å². The van der Waals surface area contributed by atoms with Gasteiger partial charge in [0.15, 0.2) is 0 Å². The molecule has 2 amide bonds. The number of nitrogens with zero attached hydrogens (tertiary/aromatic N) is 3. The predicted octanol–water partition coefficient (Wildman–Crippen LogP) is 3.77. The van der Waals surface area contributed by atoms with E-state index >= 15 is 0 Å². The van der Waals surface area contributed by atoms with Gasteiger partial charge in [0.25, 0.3) is 5.69 Å². The number of nitrogens with one attached hydrogen (secondary N) is 2. The highest BCUT2D eigenvalue weighted by Gasteiger charge is 2.13. The second kappa shape index (κ2) is 7.57. The van der Waals surface area contributed by atoms with Gasteiger partial charge in [-0.2, -0.15) is 0 Å². The summed E-state index contributed by atoms with van der Waals surface area (Å²) in [7, 11) is 1.51. The number of aromatic nitrogens is 2. The molecule has 0 atom stereocenters. The Morgan fingerprint density at radius 2 is 1.96 bits per heavy atom. The summed E-state index contributed by atoms with van der Waals surface area (Å²) < 4.78 is 5.17. The van der Waals surface area contributed by atoms with Gasteiger partial charge in [0, 0.05) is 17.7 Å². The Morgan fingerprint density at radius 3 is 2.73 bits per heavy atom. The molecule has 0 unspecified atom stereocenters. The smallest absolute Gasteiger partial charge is 0.325 e. The van der Waals surface area contributed by atoms with Crippen molar-refractivity contribution in [3.63, 3.8) is 0 Å². The minimum absolute atomic E-state index is 0.0406. The molecular formula is C16H13N5O4S. The summed E-state index contributed by atoms with van der Waals surface area (Å²) in [5, 5.41) is 24.7. The fourth-order valence-corrected chi connectivity index (χ4v) is 2.88. The maximum Gasteiger partial charge on any atom is 0.325 e. The van der Waals surface area contributed by atoms with Crippen molar-refractivity contribution >= 4 is 33.9 Å². The number of non-ortho nitro benzene ring substituents is 1. The zero-order chi connectivity index (χ0) is 18.5. The van der Waals surface area contributed by atoms with Crippen molar-refractivity contribution in [2.45, 2.75) is 0 Å². The molecule has 9 nitrogen and oxygen atoms in total. The first-order valence-electron chi connectivity index (χ1n) is 7.36. The van der Waals surface area contributed by atoms with Crippen LogP contribution in [0.15, 0.2) is 48.5 Å². The minimum Gasteiger partial charge on any atom is -0.495 e. The van der Waals surface area contributed by atoms with E-state index in [1.54, 1.807) is 36.4 Å². The Hall–Kier alpha value is -3.53. The second-order valence-electron chi connectivity index (χ2n) is 5.00. The number of methoxy groups -OCH3 is 1. The van der Waals surface area contributed by atoms with Crippen molar-refractivity contribution in [3.8, 4) is 16.3 Å². The average Bonchev–Trinajstić information content (AvgIpc) is 3.10. The lowest BCUT2D eigenvalue weighted by Gasteiger charge is -2.09. The fourth-order valence-electron chi connectivity index (χ4n) is 2.14. The van der Waals surface area contributed by atoms with Crippen LogP contribution in [0.4, 0.5) is 21.3 Å². The number of nitro groups is 1. The van der Waals surface area contributed by atoms with Gasteiger partial charge in [-0.3, -0.25) is 15.4 Å². The number of anilines is 2. The van der Waals surface area contributed by atoms with Crippen molar-refractivity contribution < 1.29 is 14.5 Å².